The lowest BCUT2D eigenvalue weighted by atomic mass is 9.78. The molecule has 0 bridgehead atoms. The van der Waals surface area contributed by atoms with E-state index in [1.54, 1.807) is 0 Å². The van der Waals surface area contributed by atoms with Crippen molar-refractivity contribution < 1.29 is 9.59 Å². The highest BCUT2D eigenvalue weighted by Crippen LogP contribution is 2.35. The number of carbonyl (C=O) groups is 2. The first-order chi connectivity index (χ1) is 16.1. The molecule has 2 fully saturated rings. The average molecular weight is 449 g/mol. The average Bonchev–Trinajstić information content (AvgIpc) is 3.13. The summed E-state index contributed by atoms with van der Waals surface area (Å²) in [7, 11) is 1.93. The van der Waals surface area contributed by atoms with Gasteiger partial charge in [0.15, 0.2) is 0 Å². The molecule has 1 saturated carbocycles. The third-order valence-electron chi connectivity index (χ3n) is 7.90. The standard InChI is InChI=1S/C29H40N2O2/c1-30(29(25-16-7-4-8-17-25)24-14-5-2-3-6-15-24)27(32)20-11-21-28(33)31-22-12-18-23-13-9-10-19-26(23)31/h2-7,14,16,23,26,29H,8-13,15,17-22H2,1H3. The number of piperidine rings is 1. The number of allylic oxidation sites excluding steroid dienone is 8. The quantitative estimate of drug-likeness (QED) is 0.488. The SMILES string of the molecule is CN(C(=O)CCCC(=O)N1CCCC2CCCCC21)C(C1=CC=CC=CC1)C1=CC=CCC1. The van der Waals surface area contributed by atoms with Crippen LogP contribution in [0, 0.1) is 5.92 Å². The maximum Gasteiger partial charge on any atom is 0.223 e. The van der Waals surface area contributed by atoms with Crippen molar-refractivity contribution in [1.82, 2.24) is 9.80 Å². The normalized spacial score (nSPS) is 25.5. The highest BCUT2D eigenvalue weighted by Gasteiger charge is 2.35. The Morgan fingerprint density at radius 1 is 0.970 bits per heavy atom. The Balaban J connectivity index is 1.35. The number of hydrogen-bond donors (Lipinski definition) is 0. The Bertz CT molecular complexity index is 861. The third kappa shape index (κ3) is 5.96. The van der Waals surface area contributed by atoms with Crippen LogP contribution < -0.4 is 0 Å². The van der Waals surface area contributed by atoms with E-state index < -0.39 is 0 Å². The van der Waals surface area contributed by atoms with Crippen molar-refractivity contribution >= 4 is 11.8 Å². The van der Waals surface area contributed by atoms with Gasteiger partial charge in [-0.25, -0.2) is 0 Å². The zero-order valence-electron chi connectivity index (χ0n) is 20.3. The molecule has 0 aromatic carbocycles. The molecule has 4 rings (SSSR count). The first-order valence-corrected chi connectivity index (χ1v) is 13.1. The first-order valence-electron chi connectivity index (χ1n) is 13.1. The van der Waals surface area contributed by atoms with Crippen molar-refractivity contribution in [2.45, 2.75) is 89.1 Å². The molecule has 3 atom stereocenters. The van der Waals surface area contributed by atoms with Crippen LogP contribution in [0.15, 0.2) is 59.8 Å². The second kappa shape index (κ2) is 11.7. The van der Waals surface area contributed by atoms with Crippen molar-refractivity contribution in [2.75, 3.05) is 13.6 Å². The number of amides is 2. The van der Waals surface area contributed by atoms with Gasteiger partial charge in [0, 0.05) is 32.5 Å². The number of carbonyl (C=O) groups excluding carboxylic acids is 2. The Hall–Kier alpha value is -2.36. The van der Waals surface area contributed by atoms with Crippen LogP contribution in [-0.4, -0.2) is 47.3 Å². The van der Waals surface area contributed by atoms with Gasteiger partial charge in [-0.05, 0) is 68.4 Å². The van der Waals surface area contributed by atoms with Crippen LogP contribution in [0.25, 0.3) is 0 Å². The zero-order chi connectivity index (χ0) is 23.0. The molecule has 4 heteroatoms. The number of fused-ring (bicyclic) bond motifs is 1. The van der Waals surface area contributed by atoms with Gasteiger partial charge in [-0.1, -0.05) is 61.4 Å². The van der Waals surface area contributed by atoms with E-state index in [0.717, 1.165) is 32.2 Å². The fourth-order valence-corrected chi connectivity index (χ4v) is 6.17. The van der Waals surface area contributed by atoms with Crippen LogP contribution in [0.1, 0.15) is 77.0 Å². The molecule has 1 aliphatic heterocycles. The second-order valence-corrected chi connectivity index (χ2v) is 10.1. The molecule has 2 amide bonds. The highest BCUT2D eigenvalue weighted by molar-refractivity contribution is 5.80. The summed E-state index contributed by atoms with van der Waals surface area (Å²) in [6.45, 7) is 0.910. The lowest BCUT2D eigenvalue weighted by Crippen LogP contribution is -2.49. The summed E-state index contributed by atoms with van der Waals surface area (Å²) >= 11 is 0. The minimum atomic E-state index is -0.00403. The fraction of sp³-hybridized carbons (Fsp3) is 0.586. The molecule has 0 aromatic rings. The molecule has 1 heterocycles. The summed E-state index contributed by atoms with van der Waals surface area (Å²) in [6.07, 6.45) is 28.9. The largest absolute Gasteiger partial charge is 0.339 e. The van der Waals surface area contributed by atoms with Crippen molar-refractivity contribution in [3.05, 3.63) is 59.8 Å². The lowest BCUT2D eigenvalue weighted by Gasteiger charge is -2.44. The summed E-state index contributed by atoms with van der Waals surface area (Å²) < 4.78 is 0. The number of nitrogens with zero attached hydrogens (tertiary/aromatic N) is 2. The van der Waals surface area contributed by atoms with Crippen LogP contribution in [0.2, 0.25) is 0 Å². The van der Waals surface area contributed by atoms with E-state index in [0.29, 0.717) is 31.2 Å². The number of likely N-dealkylation sites (tertiary alicyclic amines) is 1. The third-order valence-corrected chi connectivity index (χ3v) is 7.90. The summed E-state index contributed by atoms with van der Waals surface area (Å²) in [5.74, 6) is 1.11. The first kappa shape index (κ1) is 23.8. The van der Waals surface area contributed by atoms with Crippen LogP contribution >= 0.6 is 0 Å². The van der Waals surface area contributed by atoms with Gasteiger partial charge in [0.05, 0.1) is 6.04 Å². The Morgan fingerprint density at radius 2 is 1.79 bits per heavy atom. The minimum absolute atomic E-state index is 0.00403. The van der Waals surface area contributed by atoms with Gasteiger partial charge in [0.25, 0.3) is 0 Å². The summed E-state index contributed by atoms with van der Waals surface area (Å²) in [4.78, 5) is 30.4. The van der Waals surface area contributed by atoms with Crippen LogP contribution in [0.5, 0.6) is 0 Å². The molecule has 3 unspecified atom stereocenters. The molecule has 3 aliphatic carbocycles. The number of likely N-dealkylation sites (N-methyl/N-ethyl adjacent to an activating group) is 1. The molecule has 0 N–H and O–H groups in total. The molecule has 33 heavy (non-hydrogen) atoms. The minimum Gasteiger partial charge on any atom is -0.339 e. The molecule has 0 aromatic heterocycles. The van der Waals surface area contributed by atoms with Crippen molar-refractivity contribution in [1.29, 1.82) is 0 Å². The second-order valence-electron chi connectivity index (χ2n) is 10.1. The summed E-state index contributed by atoms with van der Waals surface area (Å²) in [6, 6.07) is 0.452. The number of rotatable bonds is 7. The molecule has 4 aliphatic rings. The van der Waals surface area contributed by atoms with E-state index in [1.165, 1.54) is 43.3 Å². The van der Waals surface area contributed by atoms with E-state index in [1.807, 2.05) is 18.0 Å². The molecular weight excluding hydrogens is 408 g/mol. The van der Waals surface area contributed by atoms with E-state index in [4.69, 9.17) is 0 Å². The van der Waals surface area contributed by atoms with Gasteiger partial charge in [-0.2, -0.15) is 0 Å². The molecule has 178 valence electrons. The number of hydrogen-bond acceptors (Lipinski definition) is 2. The predicted octanol–water partition coefficient (Wildman–Crippen LogP) is 5.88. The highest BCUT2D eigenvalue weighted by atomic mass is 16.2. The van der Waals surface area contributed by atoms with Crippen molar-refractivity contribution in [2.24, 2.45) is 5.92 Å². The van der Waals surface area contributed by atoms with E-state index in [9.17, 15) is 9.59 Å². The van der Waals surface area contributed by atoms with Crippen LogP contribution in [0.4, 0.5) is 0 Å². The Labute approximate surface area is 199 Å². The van der Waals surface area contributed by atoms with Gasteiger partial charge >= 0.3 is 0 Å². The smallest absolute Gasteiger partial charge is 0.223 e. The van der Waals surface area contributed by atoms with Gasteiger partial charge in [-0.3, -0.25) is 9.59 Å². The van der Waals surface area contributed by atoms with Gasteiger partial charge in [0.2, 0.25) is 11.8 Å². The fourth-order valence-electron chi connectivity index (χ4n) is 6.17. The predicted molar refractivity (Wildman–Crippen MR) is 135 cm³/mol. The molecule has 4 nitrogen and oxygen atoms in total. The van der Waals surface area contributed by atoms with Crippen molar-refractivity contribution in [3.8, 4) is 0 Å². The van der Waals surface area contributed by atoms with Crippen LogP contribution in [0.3, 0.4) is 0 Å². The topological polar surface area (TPSA) is 40.6 Å². The summed E-state index contributed by atoms with van der Waals surface area (Å²) in [5.41, 5.74) is 2.56. The molecule has 0 radical (unpaired) electrons. The molecule has 0 spiro atoms. The maximum atomic E-state index is 13.2. The van der Waals surface area contributed by atoms with Gasteiger partial charge < -0.3 is 9.80 Å². The van der Waals surface area contributed by atoms with Crippen LogP contribution in [-0.2, 0) is 9.59 Å². The molecular formula is C29H40N2O2. The Morgan fingerprint density at radius 3 is 2.64 bits per heavy atom. The van der Waals surface area contributed by atoms with Crippen molar-refractivity contribution in [3.63, 3.8) is 0 Å². The van der Waals surface area contributed by atoms with E-state index >= 15 is 0 Å². The van der Waals surface area contributed by atoms with Gasteiger partial charge in [0.1, 0.15) is 0 Å². The molecule has 1 saturated heterocycles. The maximum absolute atomic E-state index is 13.2. The summed E-state index contributed by atoms with van der Waals surface area (Å²) in [5, 5.41) is 0. The van der Waals surface area contributed by atoms with E-state index in [-0.39, 0.29) is 17.9 Å². The lowest BCUT2D eigenvalue weighted by molar-refractivity contribution is -0.138. The van der Waals surface area contributed by atoms with Gasteiger partial charge in [-0.15, -0.1) is 0 Å². The van der Waals surface area contributed by atoms with E-state index in [2.05, 4.69) is 47.4 Å². The zero-order valence-corrected chi connectivity index (χ0v) is 20.3. The monoisotopic (exact) mass is 448 g/mol. The Kier molecular flexibility index (Phi) is 8.41.